The average molecular weight is 397 g/mol. The van der Waals surface area contributed by atoms with E-state index in [0.29, 0.717) is 29.1 Å². The van der Waals surface area contributed by atoms with E-state index < -0.39 is 0 Å². The van der Waals surface area contributed by atoms with Crippen LogP contribution in [0, 0.1) is 0 Å². The van der Waals surface area contributed by atoms with E-state index in [0.717, 1.165) is 22.7 Å². The molecular weight excluding hydrogens is 380 g/mol. The third-order valence-corrected chi connectivity index (χ3v) is 5.65. The number of hydrogen-bond acceptors (Lipinski definition) is 6. The number of benzene rings is 1. The molecule has 0 aliphatic carbocycles. The van der Waals surface area contributed by atoms with E-state index in [1.54, 1.807) is 23.0 Å². The molecule has 0 aliphatic rings. The van der Waals surface area contributed by atoms with Gasteiger partial charge in [-0.3, -0.25) is 4.57 Å². The molecule has 132 valence electrons. The molecular formula is C16H17ClN4O2S2. The Morgan fingerprint density at radius 3 is 2.92 bits per heavy atom. The second-order valence-electron chi connectivity index (χ2n) is 5.25. The fourth-order valence-electron chi connectivity index (χ4n) is 2.21. The molecule has 1 N–H and O–H groups in total. The molecule has 6 nitrogen and oxygen atoms in total. The van der Waals surface area contributed by atoms with Crippen LogP contribution in [0.1, 0.15) is 12.1 Å². The number of thiazole rings is 1. The monoisotopic (exact) mass is 396 g/mol. The fourth-order valence-corrected chi connectivity index (χ4v) is 4.14. The summed E-state index contributed by atoms with van der Waals surface area (Å²) in [6, 6.07) is 7.63. The predicted octanol–water partition coefficient (Wildman–Crippen LogP) is 3.68. The Hall–Kier alpha value is -1.61. The van der Waals surface area contributed by atoms with Crippen molar-refractivity contribution in [1.82, 2.24) is 19.7 Å². The zero-order valence-corrected chi connectivity index (χ0v) is 16.0. The summed E-state index contributed by atoms with van der Waals surface area (Å²) in [6.45, 7) is 1.19. The lowest BCUT2D eigenvalue weighted by Gasteiger charge is -2.04. The van der Waals surface area contributed by atoms with Gasteiger partial charge in [0.15, 0.2) is 5.16 Å². The van der Waals surface area contributed by atoms with Crippen LogP contribution in [0.15, 0.2) is 39.6 Å². The van der Waals surface area contributed by atoms with Gasteiger partial charge in [-0.05, 0) is 18.6 Å². The summed E-state index contributed by atoms with van der Waals surface area (Å²) in [4.78, 5) is 16.5. The number of aromatic nitrogens is 4. The maximum absolute atomic E-state index is 11.8. The Labute approximate surface area is 158 Å². The van der Waals surface area contributed by atoms with Crippen LogP contribution in [-0.4, -0.2) is 33.5 Å². The molecule has 0 saturated heterocycles. The number of methoxy groups -OCH3 is 1. The van der Waals surface area contributed by atoms with E-state index in [-0.39, 0.29) is 5.69 Å². The molecule has 0 fully saturated rings. The SMILES string of the molecule is COCCCn1c(SCc2csc(-c3ccc(Cl)cc3)n2)n[nH]c1=O. The van der Waals surface area contributed by atoms with Crippen LogP contribution < -0.4 is 5.69 Å². The van der Waals surface area contributed by atoms with Gasteiger partial charge in [-0.15, -0.1) is 16.4 Å². The molecule has 0 bridgehead atoms. The lowest BCUT2D eigenvalue weighted by atomic mass is 10.2. The van der Waals surface area contributed by atoms with E-state index in [1.807, 2.05) is 29.6 Å². The van der Waals surface area contributed by atoms with Crippen molar-refractivity contribution in [2.45, 2.75) is 23.9 Å². The normalized spacial score (nSPS) is 11.1. The van der Waals surface area contributed by atoms with Crippen molar-refractivity contribution < 1.29 is 4.74 Å². The zero-order chi connectivity index (χ0) is 17.6. The van der Waals surface area contributed by atoms with Gasteiger partial charge in [0, 0.05) is 42.0 Å². The number of hydrogen-bond donors (Lipinski definition) is 1. The number of nitrogens with zero attached hydrogens (tertiary/aromatic N) is 3. The number of aromatic amines is 1. The number of halogens is 1. The Morgan fingerprint density at radius 1 is 1.36 bits per heavy atom. The van der Waals surface area contributed by atoms with E-state index in [1.165, 1.54) is 11.8 Å². The highest BCUT2D eigenvalue weighted by atomic mass is 35.5. The van der Waals surface area contributed by atoms with E-state index >= 15 is 0 Å². The lowest BCUT2D eigenvalue weighted by molar-refractivity contribution is 0.189. The highest BCUT2D eigenvalue weighted by Crippen LogP contribution is 2.27. The molecule has 25 heavy (non-hydrogen) atoms. The van der Waals surface area contributed by atoms with Gasteiger partial charge in [0.05, 0.1) is 5.69 Å². The van der Waals surface area contributed by atoms with Crippen LogP contribution in [-0.2, 0) is 17.0 Å². The van der Waals surface area contributed by atoms with Crippen molar-refractivity contribution in [3.8, 4) is 10.6 Å². The van der Waals surface area contributed by atoms with Gasteiger partial charge in [0.2, 0.25) is 0 Å². The van der Waals surface area contributed by atoms with Crippen LogP contribution in [0.25, 0.3) is 10.6 Å². The quantitative estimate of drug-likeness (QED) is 0.464. The predicted molar refractivity (Wildman–Crippen MR) is 101 cm³/mol. The van der Waals surface area contributed by atoms with Gasteiger partial charge in [-0.2, -0.15) is 0 Å². The molecule has 0 amide bonds. The molecule has 2 heterocycles. The molecule has 0 aliphatic heterocycles. The third kappa shape index (κ3) is 4.72. The van der Waals surface area contributed by atoms with Gasteiger partial charge in [-0.1, -0.05) is 35.5 Å². The van der Waals surface area contributed by atoms with Gasteiger partial charge in [0.25, 0.3) is 0 Å². The fraction of sp³-hybridized carbons (Fsp3) is 0.312. The smallest absolute Gasteiger partial charge is 0.343 e. The molecule has 2 aromatic heterocycles. The molecule has 0 radical (unpaired) electrons. The van der Waals surface area contributed by atoms with E-state index in [2.05, 4.69) is 15.2 Å². The second-order valence-corrected chi connectivity index (χ2v) is 7.49. The van der Waals surface area contributed by atoms with Crippen LogP contribution >= 0.6 is 34.7 Å². The Bertz CT molecular complexity index is 873. The second kappa shape index (κ2) is 8.66. The maximum Gasteiger partial charge on any atom is 0.343 e. The summed E-state index contributed by atoms with van der Waals surface area (Å²) in [7, 11) is 1.65. The van der Waals surface area contributed by atoms with Gasteiger partial charge < -0.3 is 4.74 Å². The van der Waals surface area contributed by atoms with Crippen LogP contribution in [0.3, 0.4) is 0 Å². The van der Waals surface area contributed by atoms with Crippen molar-refractivity contribution in [3.05, 3.63) is 50.8 Å². The summed E-state index contributed by atoms with van der Waals surface area (Å²) in [5, 5.41) is 10.9. The van der Waals surface area contributed by atoms with Crippen LogP contribution in [0.5, 0.6) is 0 Å². The minimum atomic E-state index is -0.196. The van der Waals surface area contributed by atoms with Crippen molar-refractivity contribution in [1.29, 1.82) is 0 Å². The van der Waals surface area contributed by atoms with Crippen molar-refractivity contribution in [2.24, 2.45) is 0 Å². The molecule has 0 unspecified atom stereocenters. The summed E-state index contributed by atoms with van der Waals surface area (Å²) in [5.41, 5.74) is 1.81. The molecule has 0 spiro atoms. The third-order valence-electron chi connectivity index (χ3n) is 3.45. The number of H-pyrrole nitrogens is 1. The van der Waals surface area contributed by atoms with Gasteiger partial charge >= 0.3 is 5.69 Å². The maximum atomic E-state index is 11.8. The first-order chi connectivity index (χ1) is 12.2. The van der Waals surface area contributed by atoms with Crippen LogP contribution in [0.4, 0.5) is 0 Å². The standard InChI is InChI=1S/C16H17ClN4O2S2/c1-23-8-2-7-21-15(22)19-20-16(21)25-10-13-9-24-14(18-13)11-3-5-12(17)6-4-11/h3-6,9H,2,7-8,10H2,1H3,(H,19,22). The minimum absolute atomic E-state index is 0.196. The largest absolute Gasteiger partial charge is 0.385 e. The topological polar surface area (TPSA) is 72.8 Å². The average Bonchev–Trinajstić information content (AvgIpc) is 3.22. The summed E-state index contributed by atoms with van der Waals surface area (Å²) < 4.78 is 6.67. The first kappa shape index (κ1) is 18.2. The molecule has 3 rings (SSSR count). The molecule has 3 aromatic rings. The van der Waals surface area contributed by atoms with E-state index in [4.69, 9.17) is 16.3 Å². The van der Waals surface area contributed by atoms with Crippen molar-refractivity contribution in [3.63, 3.8) is 0 Å². The summed E-state index contributed by atoms with van der Waals surface area (Å²) in [5.74, 6) is 0.651. The van der Waals surface area contributed by atoms with Crippen LogP contribution in [0.2, 0.25) is 5.02 Å². The lowest BCUT2D eigenvalue weighted by Crippen LogP contribution is -2.18. The van der Waals surface area contributed by atoms with Crippen molar-refractivity contribution >= 4 is 34.7 Å². The van der Waals surface area contributed by atoms with Crippen molar-refractivity contribution in [2.75, 3.05) is 13.7 Å². The number of rotatable bonds is 8. The highest BCUT2D eigenvalue weighted by Gasteiger charge is 2.11. The Balaban J connectivity index is 1.65. The Morgan fingerprint density at radius 2 is 2.16 bits per heavy atom. The minimum Gasteiger partial charge on any atom is -0.385 e. The zero-order valence-electron chi connectivity index (χ0n) is 13.6. The summed E-state index contributed by atoms with van der Waals surface area (Å²) in [6.07, 6.45) is 0.765. The first-order valence-corrected chi connectivity index (χ1v) is 9.89. The number of ether oxygens (including phenoxy) is 1. The number of thioether (sulfide) groups is 1. The first-order valence-electron chi connectivity index (χ1n) is 7.64. The highest BCUT2D eigenvalue weighted by molar-refractivity contribution is 7.98. The van der Waals surface area contributed by atoms with Gasteiger partial charge in [0.1, 0.15) is 5.01 Å². The van der Waals surface area contributed by atoms with E-state index in [9.17, 15) is 4.79 Å². The molecule has 0 saturated carbocycles. The summed E-state index contributed by atoms with van der Waals surface area (Å²) >= 11 is 9.00. The Kier molecular flexibility index (Phi) is 6.30. The van der Waals surface area contributed by atoms with Gasteiger partial charge in [-0.25, -0.2) is 14.9 Å². The molecule has 1 aromatic carbocycles. The number of nitrogens with one attached hydrogen (secondary N) is 1. The molecule has 0 atom stereocenters. The molecule has 9 heteroatoms.